The van der Waals surface area contributed by atoms with Crippen LogP contribution in [0.5, 0.6) is 5.75 Å². The van der Waals surface area contributed by atoms with E-state index in [1.54, 1.807) is 37.3 Å². The van der Waals surface area contributed by atoms with E-state index in [1.165, 1.54) is 7.11 Å². The van der Waals surface area contributed by atoms with Crippen molar-refractivity contribution in [3.63, 3.8) is 0 Å². The fourth-order valence-electron chi connectivity index (χ4n) is 1.99. The number of benzene rings is 2. The van der Waals surface area contributed by atoms with Crippen LogP contribution in [0.1, 0.15) is 15.9 Å². The van der Waals surface area contributed by atoms with Crippen LogP contribution in [0.4, 0.5) is 17.1 Å². The van der Waals surface area contributed by atoms with Crippen LogP contribution in [-0.2, 0) is 19.5 Å². The summed E-state index contributed by atoms with van der Waals surface area (Å²) in [6, 6.07) is 10.3. The number of nitrogens with two attached hydrogens (primary N) is 1. The number of carbonyl (C=O) groups excluding carboxylic acids is 1. The summed E-state index contributed by atoms with van der Waals surface area (Å²) in [5.41, 5.74) is 7.70. The Morgan fingerprint density at radius 2 is 1.88 bits per heavy atom. The Morgan fingerprint density at radius 3 is 2.38 bits per heavy atom. The molecule has 0 aliphatic heterocycles. The van der Waals surface area contributed by atoms with Crippen molar-refractivity contribution in [1.29, 1.82) is 5.39 Å². The van der Waals surface area contributed by atoms with Crippen LogP contribution in [0.3, 0.4) is 0 Å². The van der Waals surface area contributed by atoms with Gasteiger partial charge >= 0.3 is 25.2 Å². The maximum Gasteiger partial charge on any atom is 2.00 e. The molecule has 1 amide bonds. The number of carbonyl (C=O) groups is 1. The Balaban J connectivity index is 0. The van der Waals surface area contributed by atoms with Crippen LogP contribution < -0.4 is 28.2 Å². The van der Waals surface area contributed by atoms with Gasteiger partial charge in [-0.25, -0.2) is 0 Å². The number of hydrogen-bond acceptors (Lipinski definition) is 4. The Bertz CT molecular complexity index is 736. The van der Waals surface area contributed by atoms with E-state index in [9.17, 15) is 4.79 Å². The third kappa shape index (κ3) is 5.07. The number of rotatable bonds is 3. The Kier molecular flexibility index (Phi) is 11.0. The molecule has 6 nitrogen and oxygen atoms in total. The van der Waals surface area contributed by atoms with Gasteiger partial charge in [-0.2, -0.15) is 0 Å². The van der Waals surface area contributed by atoms with Crippen molar-refractivity contribution in [2.45, 2.75) is 6.92 Å². The quantitative estimate of drug-likeness (QED) is 0.435. The molecule has 0 spiro atoms. The molecule has 24 heavy (non-hydrogen) atoms. The molecule has 0 bridgehead atoms. The van der Waals surface area contributed by atoms with E-state index in [2.05, 4.69) is 10.3 Å². The molecule has 0 saturated heterocycles. The van der Waals surface area contributed by atoms with Crippen LogP contribution in [-0.4, -0.2) is 13.0 Å². The molecular formula is C15H16Cl2N4O2Zn+2. The van der Waals surface area contributed by atoms with Crippen LogP contribution in [0.25, 0.3) is 4.98 Å². The van der Waals surface area contributed by atoms with Crippen molar-refractivity contribution in [3.05, 3.63) is 52.5 Å². The van der Waals surface area contributed by atoms with Gasteiger partial charge in [0, 0.05) is 11.6 Å². The number of methoxy groups -OCH3 is 1. The van der Waals surface area contributed by atoms with Crippen molar-refractivity contribution in [1.82, 2.24) is 0 Å². The van der Waals surface area contributed by atoms with Crippen molar-refractivity contribution in [2.75, 3.05) is 18.2 Å². The summed E-state index contributed by atoms with van der Waals surface area (Å²) < 4.78 is 5.19. The van der Waals surface area contributed by atoms with Crippen LogP contribution in [0.15, 0.2) is 36.4 Å². The van der Waals surface area contributed by atoms with E-state index in [0.29, 0.717) is 22.6 Å². The van der Waals surface area contributed by atoms with Gasteiger partial charge in [-0.3, -0.25) is 4.79 Å². The maximum atomic E-state index is 12.1. The molecule has 0 atom stereocenters. The zero-order valence-corrected chi connectivity index (χ0v) is 17.8. The molecule has 9 heteroatoms. The van der Waals surface area contributed by atoms with Gasteiger partial charge in [0.05, 0.1) is 18.4 Å². The molecule has 0 heterocycles. The maximum absolute atomic E-state index is 12.1. The van der Waals surface area contributed by atoms with Crippen molar-refractivity contribution >= 4 is 35.4 Å². The number of amides is 1. The largest absolute Gasteiger partial charge is 2.00 e. The second-order valence-corrected chi connectivity index (χ2v) is 4.43. The molecule has 122 valence electrons. The van der Waals surface area contributed by atoms with E-state index in [0.717, 1.165) is 0 Å². The number of nitrogen functional groups attached to an aromatic ring is 1. The summed E-state index contributed by atoms with van der Waals surface area (Å²) in [4.78, 5) is 15.3. The van der Waals surface area contributed by atoms with Gasteiger partial charge in [0.2, 0.25) is 5.39 Å². The van der Waals surface area contributed by atoms with Crippen LogP contribution in [0, 0.1) is 12.3 Å². The van der Waals surface area contributed by atoms with Crippen molar-refractivity contribution in [2.24, 2.45) is 0 Å². The smallest absolute Gasteiger partial charge is 1.00 e. The summed E-state index contributed by atoms with van der Waals surface area (Å²) in [5.74, 6) is 0.164. The molecule has 0 aromatic heterocycles. The SMILES string of the molecule is COc1cc(NC(=O)c2ccccc2)c(N)c([N+]#N)c1C.Cl.[Cl-].[Zn+2]. The summed E-state index contributed by atoms with van der Waals surface area (Å²) >= 11 is 0. The second kappa shape index (κ2) is 10.8. The molecule has 0 aliphatic rings. The van der Waals surface area contributed by atoms with Gasteiger partial charge in [-0.05, 0) is 19.1 Å². The van der Waals surface area contributed by atoms with Gasteiger partial charge < -0.3 is 28.2 Å². The average Bonchev–Trinajstić information content (AvgIpc) is 2.51. The molecule has 0 saturated carbocycles. The predicted molar refractivity (Wildman–Crippen MR) is 88.5 cm³/mol. The number of nitrogens with zero attached hydrogens (tertiary/aromatic N) is 2. The zero-order chi connectivity index (χ0) is 15.4. The van der Waals surface area contributed by atoms with E-state index >= 15 is 0 Å². The van der Waals surface area contributed by atoms with Crippen molar-refractivity contribution < 1.29 is 41.4 Å². The van der Waals surface area contributed by atoms with Gasteiger partial charge in [0.15, 0.2) is 10.7 Å². The normalized spacial score (nSPS) is 8.54. The Labute approximate surface area is 165 Å². The average molecular weight is 421 g/mol. The van der Waals surface area contributed by atoms with Gasteiger partial charge in [0.1, 0.15) is 5.75 Å². The third-order valence-electron chi connectivity index (χ3n) is 3.15. The molecule has 3 N–H and O–H groups in total. The molecule has 0 unspecified atom stereocenters. The minimum Gasteiger partial charge on any atom is -1.00 e. The summed E-state index contributed by atoms with van der Waals surface area (Å²) in [7, 11) is 1.49. The molecule has 2 aromatic carbocycles. The van der Waals surface area contributed by atoms with E-state index in [1.807, 2.05) is 6.07 Å². The number of ether oxygens (including phenoxy) is 1. The van der Waals surface area contributed by atoms with E-state index in [-0.39, 0.29) is 61.6 Å². The van der Waals surface area contributed by atoms with Crippen molar-refractivity contribution in [3.8, 4) is 5.75 Å². The zero-order valence-electron chi connectivity index (χ0n) is 13.2. The van der Waals surface area contributed by atoms with Crippen LogP contribution in [0.2, 0.25) is 0 Å². The first kappa shape index (κ1) is 24.4. The number of hydrogen-bond donors (Lipinski definition) is 2. The summed E-state index contributed by atoms with van der Waals surface area (Å²) in [6.45, 7) is 1.72. The van der Waals surface area contributed by atoms with E-state index < -0.39 is 0 Å². The monoisotopic (exact) mass is 418 g/mol. The first-order chi connectivity index (χ1) is 10.1. The summed E-state index contributed by atoms with van der Waals surface area (Å²) in [5, 5.41) is 11.8. The first-order valence-electron chi connectivity index (χ1n) is 6.27. The van der Waals surface area contributed by atoms with Gasteiger partial charge in [0.25, 0.3) is 5.91 Å². The minimum atomic E-state index is -0.308. The third-order valence-corrected chi connectivity index (χ3v) is 3.15. The molecular weight excluding hydrogens is 404 g/mol. The van der Waals surface area contributed by atoms with E-state index in [4.69, 9.17) is 15.9 Å². The molecule has 0 radical (unpaired) electrons. The number of nitrogens with one attached hydrogen (secondary N) is 1. The molecule has 2 aromatic rings. The van der Waals surface area contributed by atoms with Gasteiger partial charge in [-0.1, -0.05) is 18.2 Å². The number of halogens is 2. The summed E-state index contributed by atoms with van der Waals surface area (Å²) in [6.07, 6.45) is 0. The number of anilines is 2. The Hall–Kier alpha value is -1.87. The topological polar surface area (TPSA) is 92.5 Å². The number of diazo groups is 1. The molecule has 0 fully saturated rings. The van der Waals surface area contributed by atoms with Gasteiger partial charge in [-0.15, -0.1) is 12.4 Å². The predicted octanol–water partition coefficient (Wildman–Crippen LogP) is 0.746. The fourth-order valence-corrected chi connectivity index (χ4v) is 1.99. The first-order valence-corrected chi connectivity index (χ1v) is 6.27. The standard InChI is InChI=1S/C15H14N4O2.2ClH.Zn/c1-9-12(21-2)8-11(13(16)14(9)19-17)18-15(20)10-6-4-3-5-7-10;;;/h3-8,16-17H,1-2H3;2*1H;/q;;;+2. The van der Waals surface area contributed by atoms with Crippen LogP contribution >= 0.6 is 12.4 Å². The minimum absolute atomic E-state index is 0. The fraction of sp³-hybridized carbons (Fsp3) is 0.133. The Morgan fingerprint density at radius 1 is 1.29 bits per heavy atom. The molecule has 2 rings (SSSR count). The molecule has 0 aliphatic carbocycles. The second-order valence-electron chi connectivity index (χ2n) is 4.43.